The minimum absolute atomic E-state index is 0.0561. The van der Waals surface area contributed by atoms with Gasteiger partial charge in [0.15, 0.2) is 0 Å². The zero-order valence-corrected chi connectivity index (χ0v) is 6.25. The Morgan fingerprint density at radius 3 is 2.50 bits per heavy atom. The molecule has 0 radical (unpaired) electrons. The maximum absolute atomic E-state index is 9.50. The Morgan fingerprint density at radius 2 is 2.30 bits per heavy atom. The van der Waals surface area contributed by atoms with Crippen molar-refractivity contribution in [3.63, 3.8) is 0 Å². The van der Waals surface area contributed by atoms with Crippen molar-refractivity contribution in [2.45, 2.75) is 25.9 Å². The molecule has 58 valence electrons. The lowest BCUT2D eigenvalue weighted by atomic mass is 10.0. The Morgan fingerprint density at radius 1 is 1.60 bits per heavy atom. The van der Waals surface area contributed by atoms with Crippen LogP contribution >= 0.6 is 0 Å². The standard InChI is InChI=1S/C8H14O2/c1-5-2-7(10)8(4-9)3-6(5)8/h5-7,9-10H,2-4H2,1H3/t5-,6+,7?,8+/m0/s1. The average Bonchev–Trinajstić information content (AvgIpc) is 2.57. The van der Waals surface area contributed by atoms with Crippen molar-refractivity contribution in [1.82, 2.24) is 0 Å². The molecule has 0 amide bonds. The van der Waals surface area contributed by atoms with Crippen LogP contribution in [0.25, 0.3) is 0 Å². The van der Waals surface area contributed by atoms with E-state index in [9.17, 15) is 5.11 Å². The third kappa shape index (κ3) is 0.565. The predicted molar refractivity (Wildman–Crippen MR) is 37.4 cm³/mol. The summed E-state index contributed by atoms with van der Waals surface area (Å²) in [5.74, 6) is 1.25. The molecule has 0 spiro atoms. The highest BCUT2D eigenvalue weighted by Crippen LogP contribution is 2.65. The zero-order valence-electron chi connectivity index (χ0n) is 6.25. The molecule has 2 aliphatic rings. The van der Waals surface area contributed by atoms with Crippen LogP contribution in [0.1, 0.15) is 19.8 Å². The number of rotatable bonds is 1. The summed E-state index contributed by atoms with van der Waals surface area (Å²) in [4.78, 5) is 0. The topological polar surface area (TPSA) is 40.5 Å². The van der Waals surface area contributed by atoms with Crippen LogP contribution in [0.5, 0.6) is 0 Å². The minimum atomic E-state index is -0.225. The summed E-state index contributed by atoms with van der Waals surface area (Å²) in [6, 6.07) is 0. The Bertz CT molecular complexity index is 153. The fourth-order valence-corrected chi connectivity index (χ4v) is 2.54. The first-order valence-corrected chi connectivity index (χ1v) is 3.99. The van der Waals surface area contributed by atoms with Crippen molar-refractivity contribution >= 4 is 0 Å². The van der Waals surface area contributed by atoms with Gasteiger partial charge in [0.25, 0.3) is 0 Å². The predicted octanol–water partition coefficient (Wildman–Crippen LogP) is 0.386. The molecule has 10 heavy (non-hydrogen) atoms. The SMILES string of the molecule is C[C@H]1CC(O)[C@@]2(CO)C[C@H]12. The number of aliphatic hydroxyl groups excluding tert-OH is 2. The second-order valence-corrected chi connectivity index (χ2v) is 3.93. The molecule has 0 saturated heterocycles. The molecule has 0 bridgehead atoms. The van der Waals surface area contributed by atoms with Gasteiger partial charge >= 0.3 is 0 Å². The molecule has 2 rings (SSSR count). The van der Waals surface area contributed by atoms with Crippen molar-refractivity contribution < 1.29 is 10.2 Å². The van der Waals surface area contributed by atoms with E-state index < -0.39 is 0 Å². The van der Waals surface area contributed by atoms with Crippen LogP contribution in [0.3, 0.4) is 0 Å². The van der Waals surface area contributed by atoms with Crippen molar-refractivity contribution in [2.24, 2.45) is 17.3 Å². The van der Waals surface area contributed by atoms with E-state index >= 15 is 0 Å². The normalized spacial score (nSPS) is 58.5. The molecule has 2 N–H and O–H groups in total. The molecule has 2 saturated carbocycles. The van der Waals surface area contributed by atoms with Crippen LogP contribution in [-0.2, 0) is 0 Å². The van der Waals surface area contributed by atoms with Crippen LogP contribution < -0.4 is 0 Å². The maximum Gasteiger partial charge on any atom is 0.0623 e. The van der Waals surface area contributed by atoms with Crippen LogP contribution in [0.4, 0.5) is 0 Å². The maximum atomic E-state index is 9.50. The molecule has 0 aliphatic heterocycles. The summed E-state index contributed by atoms with van der Waals surface area (Å²) in [6.07, 6.45) is 1.72. The van der Waals surface area contributed by atoms with Crippen LogP contribution in [0.15, 0.2) is 0 Å². The van der Waals surface area contributed by atoms with E-state index in [2.05, 4.69) is 6.92 Å². The van der Waals surface area contributed by atoms with E-state index in [4.69, 9.17) is 5.11 Å². The van der Waals surface area contributed by atoms with Crippen molar-refractivity contribution in [3.8, 4) is 0 Å². The summed E-state index contributed by atoms with van der Waals surface area (Å²) in [5.41, 5.74) is -0.0561. The second kappa shape index (κ2) is 1.74. The molecule has 0 aromatic carbocycles. The summed E-state index contributed by atoms with van der Waals surface area (Å²) in [7, 11) is 0. The lowest BCUT2D eigenvalue weighted by Gasteiger charge is -2.13. The molecule has 2 nitrogen and oxygen atoms in total. The Hall–Kier alpha value is -0.0800. The molecule has 2 fully saturated rings. The van der Waals surface area contributed by atoms with Crippen molar-refractivity contribution in [3.05, 3.63) is 0 Å². The summed E-state index contributed by atoms with van der Waals surface area (Å²) in [5, 5.41) is 18.5. The highest BCUT2D eigenvalue weighted by molar-refractivity contribution is 5.13. The van der Waals surface area contributed by atoms with E-state index in [0.717, 1.165) is 12.8 Å². The molecular formula is C8H14O2. The van der Waals surface area contributed by atoms with E-state index in [1.807, 2.05) is 0 Å². The van der Waals surface area contributed by atoms with Crippen LogP contribution in [-0.4, -0.2) is 22.9 Å². The third-order valence-electron chi connectivity index (χ3n) is 3.42. The van der Waals surface area contributed by atoms with Crippen molar-refractivity contribution in [2.75, 3.05) is 6.61 Å². The largest absolute Gasteiger partial charge is 0.396 e. The quantitative estimate of drug-likeness (QED) is 0.556. The monoisotopic (exact) mass is 142 g/mol. The molecule has 2 aliphatic carbocycles. The fraction of sp³-hybridized carbons (Fsp3) is 1.00. The van der Waals surface area contributed by atoms with Gasteiger partial charge in [-0.05, 0) is 24.7 Å². The summed E-state index contributed by atoms with van der Waals surface area (Å²) >= 11 is 0. The van der Waals surface area contributed by atoms with Gasteiger partial charge in [0.2, 0.25) is 0 Å². The van der Waals surface area contributed by atoms with E-state index in [0.29, 0.717) is 11.8 Å². The van der Waals surface area contributed by atoms with Crippen LogP contribution in [0, 0.1) is 17.3 Å². The molecule has 0 aromatic rings. The molecule has 2 heteroatoms. The number of hydrogen-bond acceptors (Lipinski definition) is 2. The number of fused-ring (bicyclic) bond motifs is 1. The fourth-order valence-electron chi connectivity index (χ4n) is 2.54. The Labute approximate surface area is 60.9 Å². The smallest absolute Gasteiger partial charge is 0.0623 e. The van der Waals surface area contributed by atoms with Gasteiger partial charge in [-0.3, -0.25) is 0 Å². The Balaban J connectivity index is 2.16. The van der Waals surface area contributed by atoms with E-state index in [-0.39, 0.29) is 18.1 Å². The highest BCUT2D eigenvalue weighted by Gasteiger charge is 2.65. The number of aliphatic hydroxyl groups is 2. The molecule has 1 unspecified atom stereocenters. The number of hydrogen-bond donors (Lipinski definition) is 2. The zero-order chi connectivity index (χ0) is 7.35. The van der Waals surface area contributed by atoms with E-state index in [1.165, 1.54) is 0 Å². The molecule has 0 heterocycles. The van der Waals surface area contributed by atoms with Gasteiger partial charge in [0.1, 0.15) is 0 Å². The first-order chi connectivity index (χ1) is 4.70. The highest BCUT2D eigenvalue weighted by atomic mass is 16.3. The van der Waals surface area contributed by atoms with Gasteiger partial charge in [0, 0.05) is 5.41 Å². The molecule has 0 aromatic heterocycles. The van der Waals surface area contributed by atoms with Crippen molar-refractivity contribution in [1.29, 1.82) is 0 Å². The minimum Gasteiger partial charge on any atom is -0.396 e. The lowest BCUT2D eigenvalue weighted by molar-refractivity contribution is 0.0601. The van der Waals surface area contributed by atoms with Gasteiger partial charge in [-0.1, -0.05) is 6.92 Å². The average molecular weight is 142 g/mol. The Kier molecular flexibility index (Phi) is 1.15. The summed E-state index contributed by atoms with van der Waals surface area (Å²) in [6.45, 7) is 2.35. The van der Waals surface area contributed by atoms with Gasteiger partial charge in [0.05, 0.1) is 12.7 Å². The first kappa shape index (κ1) is 6.62. The van der Waals surface area contributed by atoms with Gasteiger partial charge in [-0.2, -0.15) is 0 Å². The van der Waals surface area contributed by atoms with Gasteiger partial charge < -0.3 is 10.2 Å². The summed E-state index contributed by atoms with van der Waals surface area (Å²) < 4.78 is 0. The molecular weight excluding hydrogens is 128 g/mol. The van der Waals surface area contributed by atoms with E-state index in [1.54, 1.807) is 0 Å². The third-order valence-corrected chi connectivity index (χ3v) is 3.42. The molecule has 4 atom stereocenters. The van der Waals surface area contributed by atoms with Crippen LogP contribution in [0.2, 0.25) is 0 Å². The van der Waals surface area contributed by atoms with Gasteiger partial charge in [-0.25, -0.2) is 0 Å². The first-order valence-electron chi connectivity index (χ1n) is 3.99. The second-order valence-electron chi connectivity index (χ2n) is 3.93. The van der Waals surface area contributed by atoms with Gasteiger partial charge in [-0.15, -0.1) is 0 Å². The lowest BCUT2D eigenvalue weighted by Crippen LogP contribution is -2.22.